The SMILES string of the molecule is CCNc1nnc(SCC(O)CC2(O)CCC2)s1. The normalized spacial score (nSPS) is 19.3. The average Bonchev–Trinajstić information content (AvgIpc) is 2.73. The molecule has 3 N–H and O–H groups in total. The molecule has 1 aromatic heterocycles. The van der Waals surface area contributed by atoms with Crippen molar-refractivity contribution in [3.8, 4) is 0 Å². The fourth-order valence-corrected chi connectivity index (χ4v) is 3.72. The Kier molecular flexibility index (Phi) is 4.83. The Morgan fingerprint density at radius 1 is 1.50 bits per heavy atom. The van der Waals surface area contributed by atoms with Gasteiger partial charge < -0.3 is 15.5 Å². The number of anilines is 1. The maximum absolute atomic E-state index is 9.95. The third-order valence-electron chi connectivity index (χ3n) is 3.03. The van der Waals surface area contributed by atoms with E-state index in [9.17, 15) is 10.2 Å². The molecule has 1 aliphatic carbocycles. The number of hydrogen-bond donors (Lipinski definition) is 3. The fraction of sp³-hybridized carbons (Fsp3) is 0.818. The summed E-state index contributed by atoms with van der Waals surface area (Å²) in [7, 11) is 0. The van der Waals surface area contributed by atoms with Crippen LogP contribution < -0.4 is 5.32 Å². The van der Waals surface area contributed by atoms with E-state index >= 15 is 0 Å². The van der Waals surface area contributed by atoms with Crippen molar-refractivity contribution in [3.05, 3.63) is 0 Å². The monoisotopic (exact) mass is 289 g/mol. The van der Waals surface area contributed by atoms with Gasteiger partial charge in [0, 0.05) is 18.7 Å². The molecule has 1 aliphatic rings. The Bertz CT molecular complexity index is 382. The van der Waals surface area contributed by atoms with Crippen molar-refractivity contribution in [1.29, 1.82) is 0 Å². The largest absolute Gasteiger partial charge is 0.392 e. The molecule has 0 aliphatic heterocycles. The van der Waals surface area contributed by atoms with Crippen LogP contribution in [0.3, 0.4) is 0 Å². The number of nitrogens with one attached hydrogen (secondary N) is 1. The van der Waals surface area contributed by atoms with Gasteiger partial charge in [-0.3, -0.25) is 0 Å². The van der Waals surface area contributed by atoms with Crippen LogP contribution in [0.5, 0.6) is 0 Å². The first-order valence-corrected chi connectivity index (χ1v) is 8.02. The molecule has 102 valence electrons. The fourth-order valence-electron chi connectivity index (χ4n) is 1.94. The number of aromatic nitrogens is 2. The summed E-state index contributed by atoms with van der Waals surface area (Å²) in [5.74, 6) is 0.559. The summed E-state index contributed by atoms with van der Waals surface area (Å²) in [5, 5.41) is 31.8. The first-order valence-electron chi connectivity index (χ1n) is 6.22. The van der Waals surface area contributed by atoms with Crippen molar-refractivity contribution in [2.24, 2.45) is 0 Å². The van der Waals surface area contributed by atoms with E-state index < -0.39 is 11.7 Å². The third kappa shape index (κ3) is 3.81. The van der Waals surface area contributed by atoms with Crippen LogP contribution >= 0.6 is 23.1 Å². The van der Waals surface area contributed by atoms with E-state index in [2.05, 4.69) is 15.5 Å². The summed E-state index contributed by atoms with van der Waals surface area (Å²) in [6.45, 7) is 2.84. The van der Waals surface area contributed by atoms with Crippen LogP contribution in [0.1, 0.15) is 32.6 Å². The van der Waals surface area contributed by atoms with Crippen molar-refractivity contribution in [3.63, 3.8) is 0 Å². The molecule has 2 rings (SSSR count). The van der Waals surface area contributed by atoms with Gasteiger partial charge in [-0.05, 0) is 26.2 Å². The summed E-state index contributed by atoms with van der Waals surface area (Å²) in [4.78, 5) is 0. The van der Waals surface area contributed by atoms with E-state index in [1.54, 1.807) is 0 Å². The van der Waals surface area contributed by atoms with Gasteiger partial charge in [-0.25, -0.2) is 0 Å². The maximum Gasteiger partial charge on any atom is 0.206 e. The lowest BCUT2D eigenvalue weighted by atomic mass is 9.77. The first-order chi connectivity index (χ1) is 8.61. The van der Waals surface area contributed by atoms with Gasteiger partial charge in [0.05, 0.1) is 11.7 Å². The van der Waals surface area contributed by atoms with Crippen molar-refractivity contribution in [2.45, 2.75) is 48.7 Å². The molecule has 1 fully saturated rings. The molecule has 5 nitrogen and oxygen atoms in total. The second-order valence-corrected chi connectivity index (χ2v) is 6.89. The molecule has 0 aromatic carbocycles. The van der Waals surface area contributed by atoms with Crippen LogP contribution in [0.4, 0.5) is 5.13 Å². The van der Waals surface area contributed by atoms with Gasteiger partial charge in [0.15, 0.2) is 4.34 Å². The zero-order valence-corrected chi connectivity index (χ0v) is 12.1. The molecular formula is C11H19N3O2S2. The second kappa shape index (κ2) is 6.18. The second-order valence-electron chi connectivity index (χ2n) is 4.65. The Balaban J connectivity index is 1.72. The lowest BCUT2D eigenvalue weighted by molar-refractivity contribution is -0.0642. The molecule has 1 heterocycles. The van der Waals surface area contributed by atoms with E-state index in [1.807, 2.05) is 6.92 Å². The highest BCUT2D eigenvalue weighted by atomic mass is 32.2. The number of hydrogen-bond acceptors (Lipinski definition) is 7. The van der Waals surface area contributed by atoms with Crippen molar-refractivity contribution >= 4 is 28.2 Å². The van der Waals surface area contributed by atoms with Gasteiger partial charge in [0.2, 0.25) is 5.13 Å². The maximum atomic E-state index is 9.95. The molecular weight excluding hydrogens is 270 g/mol. The zero-order valence-electron chi connectivity index (χ0n) is 10.4. The molecule has 0 bridgehead atoms. The van der Waals surface area contributed by atoms with Gasteiger partial charge in [-0.15, -0.1) is 10.2 Å². The topological polar surface area (TPSA) is 78.3 Å². The summed E-state index contributed by atoms with van der Waals surface area (Å²) in [6.07, 6.45) is 2.69. The molecule has 18 heavy (non-hydrogen) atoms. The van der Waals surface area contributed by atoms with Crippen LogP contribution in [-0.4, -0.2) is 44.4 Å². The van der Waals surface area contributed by atoms with Crippen LogP contribution in [0.2, 0.25) is 0 Å². The van der Waals surface area contributed by atoms with Crippen LogP contribution in [0.15, 0.2) is 4.34 Å². The van der Waals surface area contributed by atoms with Crippen molar-refractivity contribution in [2.75, 3.05) is 17.6 Å². The molecule has 1 atom stereocenters. The van der Waals surface area contributed by atoms with Gasteiger partial charge in [-0.2, -0.15) is 0 Å². The van der Waals surface area contributed by atoms with E-state index in [4.69, 9.17) is 0 Å². The highest BCUT2D eigenvalue weighted by molar-refractivity contribution is 8.01. The van der Waals surface area contributed by atoms with Crippen LogP contribution in [-0.2, 0) is 0 Å². The molecule has 7 heteroatoms. The number of aliphatic hydroxyl groups is 2. The van der Waals surface area contributed by atoms with E-state index in [-0.39, 0.29) is 0 Å². The summed E-state index contributed by atoms with van der Waals surface area (Å²) in [6, 6.07) is 0. The first kappa shape index (κ1) is 14.0. The highest BCUT2D eigenvalue weighted by Crippen LogP contribution is 2.36. The van der Waals surface area contributed by atoms with Gasteiger partial charge in [-0.1, -0.05) is 23.1 Å². The minimum atomic E-state index is -0.615. The van der Waals surface area contributed by atoms with E-state index in [0.29, 0.717) is 12.2 Å². The minimum absolute atomic E-state index is 0.471. The van der Waals surface area contributed by atoms with Crippen molar-refractivity contribution in [1.82, 2.24) is 10.2 Å². The van der Waals surface area contributed by atoms with Gasteiger partial charge in [0.1, 0.15) is 0 Å². The Morgan fingerprint density at radius 3 is 2.89 bits per heavy atom. The summed E-state index contributed by atoms with van der Waals surface area (Å²) >= 11 is 2.99. The van der Waals surface area contributed by atoms with Crippen LogP contribution in [0, 0.1) is 0 Å². The lowest BCUT2D eigenvalue weighted by Crippen LogP contribution is -2.40. The lowest BCUT2D eigenvalue weighted by Gasteiger charge is -2.38. The quantitative estimate of drug-likeness (QED) is 0.664. The van der Waals surface area contributed by atoms with Crippen LogP contribution in [0.25, 0.3) is 0 Å². The summed E-state index contributed by atoms with van der Waals surface area (Å²) < 4.78 is 0.852. The molecule has 1 saturated carbocycles. The number of nitrogens with zero attached hydrogens (tertiary/aromatic N) is 2. The standard InChI is InChI=1S/C11H19N3O2S2/c1-2-12-9-13-14-10(18-9)17-7-8(15)6-11(16)4-3-5-11/h8,15-16H,2-7H2,1H3,(H,12,13). The summed E-state index contributed by atoms with van der Waals surface area (Å²) in [5.41, 5.74) is -0.615. The average molecular weight is 289 g/mol. The van der Waals surface area contributed by atoms with E-state index in [0.717, 1.165) is 35.3 Å². The highest BCUT2D eigenvalue weighted by Gasteiger charge is 2.36. The number of rotatable bonds is 7. The molecule has 1 aromatic rings. The Labute approximate surface area is 115 Å². The minimum Gasteiger partial charge on any atom is -0.392 e. The molecule has 0 radical (unpaired) electrons. The zero-order chi connectivity index (χ0) is 13.0. The number of aliphatic hydroxyl groups excluding tert-OH is 1. The molecule has 0 saturated heterocycles. The molecule has 0 spiro atoms. The predicted octanol–water partition coefficient (Wildman–Crippen LogP) is 1.73. The number of thioether (sulfide) groups is 1. The Morgan fingerprint density at radius 2 is 2.28 bits per heavy atom. The van der Waals surface area contributed by atoms with Crippen molar-refractivity contribution < 1.29 is 10.2 Å². The third-order valence-corrected chi connectivity index (χ3v) is 5.19. The predicted molar refractivity (Wildman–Crippen MR) is 74.2 cm³/mol. The smallest absolute Gasteiger partial charge is 0.206 e. The Hall–Kier alpha value is -0.370. The van der Waals surface area contributed by atoms with Gasteiger partial charge in [0.25, 0.3) is 0 Å². The molecule has 1 unspecified atom stereocenters. The van der Waals surface area contributed by atoms with E-state index in [1.165, 1.54) is 23.1 Å². The van der Waals surface area contributed by atoms with Gasteiger partial charge >= 0.3 is 0 Å². The molecule has 0 amide bonds.